The Morgan fingerprint density at radius 3 is 2.00 bits per heavy atom. The van der Waals surface area contributed by atoms with Crippen LogP contribution in [-0.4, -0.2) is 30.3 Å². The Balaban J connectivity index is 2.25. The van der Waals surface area contributed by atoms with Gasteiger partial charge in [0.05, 0.1) is 10.7 Å². The van der Waals surface area contributed by atoms with Gasteiger partial charge in [0.15, 0.2) is 0 Å². The van der Waals surface area contributed by atoms with E-state index in [1.54, 1.807) is 20.8 Å². The largest absolute Gasteiger partial charge is 0.481 e. The third-order valence-corrected chi connectivity index (χ3v) is 6.80. The third-order valence-electron chi connectivity index (χ3n) is 4.60. The molecule has 2 atom stereocenters. The first-order chi connectivity index (χ1) is 8.63. The van der Waals surface area contributed by atoms with Crippen molar-refractivity contribution in [3.05, 3.63) is 0 Å². The average Bonchev–Trinajstić information content (AvgIpc) is 2.27. The quantitative estimate of drug-likeness (QED) is 0.826. The van der Waals surface area contributed by atoms with Gasteiger partial charge in [0, 0.05) is 6.04 Å². The van der Waals surface area contributed by atoms with Gasteiger partial charge < -0.3 is 5.11 Å². The number of nitrogens with one attached hydrogen (secondary N) is 1. The van der Waals surface area contributed by atoms with Crippen LogP contribution in [0.2, 0.25) is 0 Å². The number of sulfonamides is 1. The fraction of sp³-hybridized carbons (Fsp3) is 0.923. The summed E-state index contributed by atoms with van der Waals surface area (Å²) in [5.41, 5.74) is 0. The summed E-state index contributed by atoms with van der Waals surface area (Å²) in [6.45, 7) is 4.89. The van der Waals surface area contributed by atoms with E-state index in [1.165, 1.54) is 0 Å². The molecule has 0 heterocycles. The molecule has 0 radical (unpaired) electrons. The van der Waals surface area contributed by atoms with Crippen LogP contribution in [0.3, 0.4) is 0 Å². The van der Waals surface area contributed by atoms with E-state index >= 15 is 0 Å². The average molecular weight is 289 g/mol. The van der Waals surface area contributed by atoms with Gasteiger partial charge in [-0.05, 0) is 58.3 Å². The van der Waals surface area contributed by atoms with Crippen LogP contribution >= 0.6 is 0 Å². The highest BCUT2D eigenvalue weighted by atomic mass is 32.2. The number of hydrogen-bond acceptors (Lipinski definition) is 3. The summed E-state index contributed by atoms with van der Waals surface area (Å²) in [5, 5.41) is 9.40. The van der Waals surface area contributed by atoms with Crippen LogP contribution in [0.25, 0.3) is 0 Å². The Morgan fingerprint density at radius 1 is 1.11 bits per heavy atom. The Bertz CT molecular complexity index is 458. The molecule has 0 aromatic carbocycles. The van der Waals surface area contributed by atoms with Crippen molar-refractivity contribution in [2.24, 2.45) is 17.8 Å². The van der Waals surface area contributed by atoms with Gasteiger partial charge >= 0.3 is 5.97 Å². The van der Waals surface area contributed by atoms with Gasteiger partial charge in [-0.1, -0.05) is 0 Å². The Kier molecular flexibility index (Phi) is 3.68. The second-order valence-electron chi connectivity index (χ2n) is 6.80. The number of hydrogen-bond donors (Lipinski definition) is 2. The molecule has 3 aliphatic carbocycles. The van der Waals surface area contributed by atoms with Crippen LogP contribution in [0.1, 0.15) is 46.5 Å². The first kappa shape index (κ1) is 14.8. The Labute approximate surface area is 114 Å². The summed E-state index contributed by atoms with van der Waals surface area (Å²) in [6.07, 6.45) is 3.70. The molecule has 0 aromatic heterocycles. The van der Waals surface area contributed by atoms with E-state index in [-0.39, 0.29) is 11.8 Å². The van der Waals surface area contributed by atoms with Gasteiger partial charge in [-0.25, -0.2) is 13.1 Å². The maximum Gasteiger partial charge on any atom is 0.308 e. The number of carboxylic acid groups (broad SMARTS) is 1. The normalized spacial score (nSPS) is 35.3. The highest BCUT2D eigenvalue weighted by Crippen LogP contribution is 2.45. The molecule has 6 heteroatoms. The van der Waals surface area contributed by atoms with Crippen molar-refractivity contribution < 1.29 is 18.3 Å². The maximum atomic E-state index is 12.3. The number of rotatable bonds is 3. The van der Waals surface area contributed by atoms with Crippen molar-refractivity contribution >= 4 is 16.0 Å². The Hall–Kier alpha value is -0.620. The second kappa shape index (κ2) is 4.74. The molecule has 0 unspecified atom stereocenters. The third kappa shape index (κ3) is 2.65. The van der Waals surface area contributed by atoms with Crippen LogP contribution in [0.15, 0.2) is 0 Å². The maximum absolute atomic E-state index is 12.3. The minimum Gasteiger partial charge on any atom is -0.481 e. The number of aliphatic carboxylic acids is 1. The molecule has 110 valence electrons. The lowest BCUT2D eigenvalue weighted by Gasteiger charge is -2.47. The molecule has 2 bridgehead atoms. The molecule has 2 N–H and O–H groups in total. The topological polar surface area (TPSA) is 83.5 Å². The van der Waals surface area contributed by atoms with Crippen molar-refractivity contribution in [2.45, 2.75) is 57.2 Å². The predicted octanol–water partition coefficient (Wildman–Crippen LogP) is 1.59. The minimum atomic E-state index is -3.50. The Morgan fingerprint density at radius 2 is 1.58 bits per heavy atom. The van der Waals surface area contributed by atoms with E-state index in [2.05, 4.69) is 4.72 Å². The zero-order valence-electron chi connectivity index (χ0n) is 11.7. The van der Waals surface area contributed by atoms with E-state index in [0.29, 0.717) is 0 Å². The molecule has 19 heavy (non-hydrogen) atoms. The van der Waals surface area contributed by atoms with Gasteiger partial charge in [0.2, 0.25) is 10.0 Å². The molecule has 0 aliphatic heterocycles. The molecular formula is C13H23NO4S. The van der Waals surface area contributed by atoms with Gasteiger partial charge in [-0.2, -0.15) is 0 Å². The van der Waals surface area contributed by atoms with Crippen molar-refractivity contribution in [3.8, 4) is 0 Å². The number of carboxylic acids is 1. The first-order valence-corrected chi connectivity index (χ1v) is 8.36. The highest BCUT2D eigenvalue weighted by molar-refractivity contribution is 7.90. The molecule has 5 nitrogen and oxygen atoms in total. The summed E-state index contributed by atoms with van der Waals surface area (Å²) in [6, 6.07) is -0.436. The summed E-state index contributed by atoms with van der Waals surface area (Å²) in [7, 11) is -3.50. The molecule has 0 amide bonds. The first-order valence-electron chi connectivity index (χ1n) is 6.88. The molecule has 0 aromatic rings. The van der Waals surface area contributed by atoms with Crippen LogP contribution < -0.4 is 4.72 Å². The van der Waals surface area contributed by atoms with Gasteiger partial charge in [-0.3, -0.25) is 4.79 Å². The monoisotopic (exact) mass is 289 g/mol. The van der Waals surface area contributed by atoms with Gasteiger partial charge in [0.25, 0.3) is 0 Å². The summed E-state index contributed by atoms with van der Waals surface area (Å²) in [5.74, 6) is -1.14. The van der Waals surface area contributed by atoms with Crippen LogP contribution in [0, 0.1) is 17.8 Å². The lowest BCUT2D eigenvalue weighted by Crippen LogP contribution is -2.58. The molecule has 0 spiro atoms. The van der Waals surface area contributed by atoms with Gasteiger partial charge in [-0.15, -0.1) is 0 Å². The van der Waals surface area contributed by atoms with E-state index in [4.69, 9.17) is 0 Å². The fourth-order valence-electron chi connectivity index (χ4n) is 3.33. The lowest BCUT2D eigenvalue weighted by atomic mass is 9.62. The van der Waals surface area contributed by atoms with E-state index in [9.17, 15) is 18.3 Å². The van der Waals surface area contributed by atoms with Crippen molar-refractivity contribution in [1.82, 2.24) is 4.72 Å². The van der Waals surface area contributed by atoms with Crippen molar-refractivity contribution in [3.63, 3.8) is 0 Å². The van der Waals surface area contributed by atoms with Crippen molar-refractivity contribution in [1.29, 1.82) is 0 Å². The van der Waals surface area contributed by atoms with Crippen LogP contribution in [0.5, 0.6) is 0 Å². The molecule has 3 saturated carbocycles. The van der Waals surface area contributed by atoms with E-state index in [0.717, 1.165) is 25.7 Å². The smallest absolute Gasteiger partial charge is 0.308 e. The lowest BCUT2D eigenvalue weighted by molar-refractivity contribution is -0.149. The molecule has 3 fully saturated rings. The van der Waals surface area contributed by atoms with Crippen LogP contribution in [-0.2, 0) is 14.8 Å². The van der Waals surface area contributed by atoms with E-state index in [1.807, 2.05) is 0 Å². The second-order valence-corrected chi connectivity index (χ2v) is 9.27. The number of carbonyl (C=O) groups is 1. The molecule has 3 aliphatic rings. The number of fused-ring (bicyclic) bond motifs is 3. The van der Waals surface area contributed by atoms with E-state index < -0.39 is 32.7 Å². The molecular weight excluding hydrogens is 266 g/mol. The van der Waals surface area contributed by atoms with Gasteiger partial charge in [0.1, 0.15) is 0 Å². The zero-order valence-corrected chi connectivity index (χ0v) is 12.5. The highest BCUT2D eigenvalue weighted by Gasteiger charge is 2.49. The zero-order chi connectivity index (χ0) is 14.4. The van der Waals surface area contributed by atoms with Crippen LogP contribution in [0.4, 0.5) is 0 Å². The fourth-order valence-corrected chi connectivity index (χ4v) is 4.38. The molecule has 0 saturated heterocycles. The summed E-state index contributed by atoms with van der Waals surface area (Å²) < 4.78 is 26.3. The minimum absolute atomic E-state index is 0.121. The summed E-state index contributed by atoms with van der Waals surface area (Å²) in [4.78, 5) is 11.5. The standard InChI is InChI=1S/C13H23NO4S/c1-13(2,3)19(17,18)14-11-9-6-4-8(5-7-9)10(11)12(15)16/h8-11,14H,4-7H2,1-3H3,(H,15,16)/t8?,9?,10-,11+/m1/s1. The SMILES string of the molecule is CC(C)(C)S(=O)(=O)N[C@H]1C2CCC(CC2)[C@H]1C(=O)O. The summed E-state index contributed by atoms with van der Waals surface area (Å²) >= 11 is 0. The molecule has 3 rings (SSSR count). The predicted molar refractivity (Wildman–Crippen MR) is 72.2 cm³/mol. The van der Waals surface area contributed by atoms with Crippen molar-refractivity contribution in [2.75, 3.05) is 0 Å².